The normalized spacial score (nSPS) is 13.9. The van der Waals surface area contributed by atoms with Crippen LogP contribution in [0.25, 0.3) is 0 Å². The van der Waals surface area contributed by atoms with Gasteiger partial charge in [-0.1, -0.05) is 34.8 Å². The summed E-state index contributed by atoms with van der Waals surface area (Å²) >= 11 is 17.1. The molecule has 1 unspecified atom stereocenters. The van der Waals surface area contributed by atoms with Gasteiger partial charge in [-0.2, -0.15) is 0 Å². The number of alkyl halides is 3. The van der Waals surface area contributed by atoms with Crippen LogP contribution in [0.4, 0.5) is 0 Å². The summed E-state index contributed by atoms with van der Waals surface area (Å²) in [4.78, 5) is 0. The molecule has 0 saturated carbocycles. The lowest BCUT2D eigenvalue weighted by molar-refractivity contribution is 0.268. The number of thioether (sulfide) groups is 1. The van der Waals surface area contributed by atoms with Crippen molar-refractivity contribution in [3.8, 4) is 0 Å². The molecule has 7 heteroatoms. The SMILES string of the molecule is Cl.NCCSC(O)C(Cl)(Cl)Cl. The third-order valence-electron chi connectivity index (χ3n) is 0.674. The predicted octanol–water partition coefficient (Wildman–Crippen LogP) is 1.79. The van der Waals surface area contributed by atoms with Gasteiger partial charge < -0.3 is 10.8 Å². The topological polar surface area (TPSA) is 46.2 Å². The third-order valence-corrected chi connectivity index (χ3v) is 2.82. The number of hydrogen-bond acceptors (Lipinski definition) is 3. The fraction of sp³-hybridized carbons (Fsp3) is 1.00. The second-order valence-electron chi connectivity index (χ2n) is 1.55. The summed E-state index contributed by atoms with van der Waals surface area (Å²) in [5, 5.41) is 9.03. The minimum Gasteiger partial charge on any atom is -0.378 e. The van der Waals surface area contributed by atoms with Crippen LogP contribution in [-0.2, 0) is 0 Å². The Hall–Kier alpha value is 1.43. The molecule has 0 bridgehead atoms. The highest BCUT2D eigenvalue weighted by Crippen LogP contribution is 2.35. The summed E-state index contributed by atoms with van der Waals surface area (Å²) in [6.07, 6.45) is 0. The van der Waals surface area contributed by atoms with Crippen molar-refractivity contribution in [3.05, 3.63) is 0 Å². The van der Waals surface area contributed by atoms with Crippen molar-refractivity contribution in [1.29, 1.82) is 0 Å². The van der Waals surface area contributed by atoms with E-state index < -0.39 is 9.23 Å². The van der Waals surface area contributed by atoms with E-state index in [1.807, 2.05) is 0 Å². The molecule has 1 atom stereocenters. The molecule has 0 radical (unpaired) electrons. The lowest BCUT2D eigenvalue weighted by Crippen LogP contribution is -2.22. The molecular formula is C4H9Cl4NOS. The molecule has 0 aromatic heterocycles. The third kappa shape index (κ3) is 7.78. The number of aliphatic hydroxyl groups is 1. The van der Waals surface area contributed by atoms with Crippen LogP contribution in [0.1, 0.15) is 0 Å². The van der Waals surface area contributed by atoms with Gasteiger partial charge >= 0.3 is 0 Å². The molecule has 0 spiro atoms. The minimum atomic E-state index is -1.61. The fourth-order valence-electron chi connectivity index (χ4n) is 0.274. The smallest absolute Gasteiger partial charge is 0.225 e. The van der Waals surface area contributed by atoms with Crippen LogP contribution in [-0.4, -0.2) is 26.6 Å². The molecule has 0 fully saturated rings. The lowest BCUT2D eigenvalue weighted by atomic mass is 10.8. The van der Waals surface area contributed by atoms with Crippen LogP contribution in [0.15, 0.2) is 0 Å². The van der Waals surface area contributed by atoms with Crippen molar-refractivity contribution in [1.82, 2.24) is 0 Å². The first-order valence-corrected chi connectivity index (χ1v) is 4.73. The number of hydrogen-bond donors (Lipinski definition) is 2. The zero-order valence-electron chi connectivity index (χ0n) is 5.47. The van der Waals surface area contributed by atoms with Crippen molar-refractivity contribution in [2.24, 2.45) is 5.73 Å². The maximum absolute atomic E-state index is 9.03. The van der Waals surface area contributed by atoms with E-state index in [9.17, 15) is 0 Å². The average molecular weight is 261 g/mol. The summed E-state index contributed by atoms with van der Waals surface area (Å²) in [6.45, 7) is 0.461. The van der Waals surface area contributed by atoms with E-state index in [0.717, 1.165) is 11.8 Å². The van der Waals surface area contributed by atoms with E-state index in [0.29, 0.717) is 12.3 Å². The van der Waals surface area contributed by atoms with E-state index in [1.165, 1.54) is 0 Å². The lowest BCUT2D eigenvalue weighted by Gasteiger charge is -2.17. The number of halogens is 4. The van der Waals surface area contributed by atoms with Gasteiger partial charge in [0.2, 0.25) is 3.79 Å². The van der Waals surface area contributed by atoms with Gasteiger partial charge in [-0.25, -0.2) is 0 Å². The van der Waals surface area contributed by atoms with Crippen LogP contribution >= 0.6 is 59.0 Å². The van der Waals surface area contributed by atoms with Gasteiger partial charge in [-0.05, 0) is 0 Å². The highest BCUT2D eigenvalue weighted by molar-refractivity contribution is 8.00. The second-order valence-corrected chi connectivity index (χ2v) is 5.11. The Labute approximate surface area is 91.2 Å². The average Bonchev–Trinajstić information content (AvgIpc) is 1.80. The predicted molar refractivity (Wildman–Crippen MR) is 55.1 cm³/mol. The first-order chi connectivity index (χ1) is 4.48. The van der Waals surface area contributed by atoms with Crippen LogP contribution in [0, 0.1) is 0 Å². The zero-order chi connectivity index (χ0) is 8.20. The standard InChI is InChI=1S/C4H8Cl3NOS.ClH/c5-4(6,7)3(9)10-2-1-8;/h3,9H,1-2,8H2;1H. The number of aliphatic hydroxyl groups excluding tert-OH is 1. The first kappa shape index (κ1) is 14.9. The zero-order valence-corrected chi connectivity index (χ0v) is 9.37. The maximum atomic E-state index is 9.03. The summed E-state index contributed by atoms with van der Waals surface area (Å²) < 4.78 is -1.61. The Balaban J connectivity index is 0. The molecule has 2 nitrogen and oxygen atoms in total. The quantitative estimate of drug-likeness (QED) is 0.601. The van der Waals surface area contributed by atoms with Gasteiger partial charge in [-0.3, -0.25) is 0 Å². The van der Waals surface area contributed by atoms with Crippen LogP contribution < -0.4 is 5.73 Å². The van der Waals surface area contributed by atoms with Crippen LogP contribution in [0.3, 0.4) is 0 Å². The van der Waals surface area contributed by atoms with Crippen molar-refractivity contribution >= 4 is 59.0 Å². The number of rotatable bonds is 3. The monoisotopic (exact) mass is 259 g/mol. The van der Waals surface area contributed by atoms with Crippen molar-refractivity contribution in [2.75, 3.05) is 12.3 Å². The van der Waals surface area contributed by atoms with Crippen LogP contribution in [0.5, 0.6) is 0 Å². The molecule has 0 aromatic carbocycles. The molecule has 0 amide bonds. The van der Waals surface area contributed by atoms with E-state index >= 15 is 0 Å². The Morgan fingerprint density at radius 3 is 2.18 bits per heavy atom. The van der Waals surface area contributed by atoms with Crippen LogP contribution in [0.2, 0.25) is 0 Å². The van der Waals surface area contributed by atoms with Gasteiger partial charge in [0.1, 0.15) is 5.44 Å². The first-order valence-electron chi connectivity index (χ1n) is 2.55. The molecule has 0 rings (SSSR count). The Morgan fingerprint density at radius 2 is 1.91 bits per heavy atom. The van der Waals surface area contributed by atoms with Crippen molar-refractivity contribution in [3.63, 3.8) is 0 Å². The largest absolute Gasteiger partial charge is 0.378 e. The highest BCUT2D eigenvalue weighted by atomic mass is 35.6. The van der Waals surface area contributed by atoms with E-state index in [-0.39, 0.29) is 12.4 Å². The fourth-order valence-corrected chi connectivity index (χ4v) is 1.39. The Morgan fingerprint density at radius 1 is 1.45 bits per heavy atom. The molecule has 0 heterocycles. The minimum absolute atomic E-state index is 0. The Bertz CT molecular complexity index is 98.6. The van der Waals surface area contributed by atoms with Crippen molar-refractivity contribution in [2.45, 2.75) is 9.23 Å². The summed E-state index contributed by atoms with van der Waals surface area (Å²) in [7, 11) is 0. The second kappa shape index (κ2) is 6.89. The molecule has 0 aliphatic rings. The summed E-state index contributed by atoms with van der Waals surface area (Å²) in [5.74, 6) is 0.578. The molecule has 0 aliphatic heterocycles. The number of nitrogens with two attached hydrogens (primary N) is 1. The van der Waals surface area contributed by atoms with Gasteiger partial charge in [-0.15, -0.1) is 24.2 Å². The van der Waals surface area contributed by atoms with Gasteiger partial charge in [0.05, 0.1) is 0 Å². The maximum Gasteiger partial charge on any atom is 0.225 e. The molecule has 0 aliphatic carbocycles. The summed E-state index contributed by atoms with van der Waals surface area (Å²) in [6, 6.07) is 0. The van der Waals surface area contributed by atoms with E-state index in [4.69, 9.17) is 45.6 Å². The molecule has 11 heavy (non-hydrogen) atoms. The van der Waals surface area contributed by atoms with E-state index in [1.54, 1.807) is 0 Å². The van der Waals surface area contributed by atoms with Gasteiger partial charge in [0, 0.05) is 12.3 Å². The Kier molecular flexibility index (Phi) is 9.36. The molecule has 3 N–H and O–H groups in total. The molecule has 70 valence electrons. The highest BCUT2D eigenvalue weighted by Gasteiger charge is 2.30. The van der Waals surface area contributed by atoms with Gasteiger partial charge in [0.15, 0.2) is 0 Å². The summed E-state index contributed by atoms with van der Waals surface area (Å²) in [5.41, 5.74) is 4.16. The molecule has 0 saturated heterocycles. The molecule has 0 aromatic rings. The van der Waals surface area contributed by atoms with Gasteiger partial charge in [0.25, 0.3) is 0 Å². The van der Waals surface area contributed by atoms with Crippen molar-refractivity contribution < 1.29 is 5.11 Å². The van der Waals surface area contributed by atoms with E-state index in [2.05, 4.69) is 0 Å². The molecular weight excluding hydrogens is 252 g/mol.